The number of hydrogen-bond acceptors (Lipinski definition) is 6. The minimum Gasteiger partial charge on any atom is -0.638 e. The largest absolute Gasteiger partial charge is 0.638 e. The Morgan fingerprint density at radius 2 is 2.21 bits per heavy atom. The summed E-state index contributed by atoms with van der Waals surface area (Å²) in [6.45, 7) is 9.72. The van der Waals surface area contributed by atoms with Crippen molar-refractivity contribution in [3.8, 4) is 0 Å². The number of oxime groups is 1. The Hall–Kier alpha value is -1.96. The molecular formula is C22H31NO6. The lowest BCUT2D eigenvalue weighted by Gasteiger charge is -2.25. The molecule has 1 N–H and O–H groups in total. The molecule has 1 saturated heterocycles. The predicted octanol–water partition coefficient (Wildman–Crippen LogP) is 2.33. The molecule has 7 nitrogen and oxygen atoms in total. The lowest BCUT2D eigenvalue weighted by molar-refractivity contribution is -0.692. The van der Waals surface area contributed by atoms with E-state index in [2.05, 4.69) is 16.7 Å². The number of allylic oxidation sites excluding steroid dienone is 3. The molecular weight excluding hydrogens is 374 g/mol. The van der Waals surface area contributed by atoms with Gasteiger partial charge in [-0.3, -0.25) is 9.53 Å². The van der Waals surface area contributed by atoms with Crippen LogP contribution in [0.3, 0.4) is 0 Å². The summed E-state index contributed by atoms with van der Waals surface area (Å²) in [7, 11) is 0. The van der Waals surface area contributed by atoms with Crippen LogP contribution in [0.25, 0.3) is 0 Å². The van der Waals surface area contributed by atoms with Gasteiger partial charge in [0, 0.05) is 12.0 Å². The fourth-order valence-electron chi connectivity index (χ4n) is 4.32. The summed E-state index contributed by atoms with van der Waals surface area (Å²) in [5, 5.41) is 14.2. The molecule has 1 saturated carbocycles. The van der Waals surface area contributed by atoms with E-state index in [9.17, 15) is 10.1 Å². The van der Waals surface area contributed by atoms with Crippen LogP contribution in [-0.2, 0) is 19.3 Å². The minimum atomic E-state index is -1.08. The SMILES string of the molecule is C=CCC[C@H]1C[C@H](CCOC(=O)C(C)(C)C)[C@H]2OC3(C=CC=C/C3=N\O[O-])[OH+][C@@H]12. The smallest absolute Gasteiger partial charge is 0.344 e. The van der Waals surface area contributed by atoms with Crippen LogP contribution in [0.15, 0.2) is 42.1 Å². The van der Waals surface area contributed by atoms with Crippen molar-refractivity contribution < 1.29 is 29.3 Å². The number of nitrogens with zero attached hydrogens (tertiary/aromatic N) is 1. The molecule has 1 aliphatic heterocycles. The van der Waals surface area contributed by atoms with E-state index in [-0.39, 0.29) is 24.1 Å². The summed E-state index contributed by atoms with van der Waals surface area (Å²) >= 11 is 0. The number of carbonyl (C=O) groups is 1. The van der Waals surface area contributed by atoms with Gasteiger partial charge < -0.3 is 19.7 Å². The molecule has 2 aliphatic carbocycles. The van der Waals surface area contributed by atoms with E-state index >= 15 is 0 Å². The Balaban J connectivity index is 1.72. The summed E-state index contributed by atoms with van der Waals surface area (Å²) < 4.78 is 16.8. The standard InChI is InChI=1S/C22H31NO6/c1-5-6-9-15-14-16(11-13-26-20(24)21(2,3)4)19-18(15)27-22(28-19)12-8-7-10-17(22)23-29-25/h5,7-8,10,12,15-16,18-19,25H,1,6,9,11,13-14H2,2-4H3/b23-17+/t15-,16-,18-,19+,22?/m0/s1. The number of fused-ring (bicyclic) bond motifs is 1. The van der Waals surface area contributed by atoms with E-state index in [1.54, 1.807) is 12.2 Å². The second-order valence-corrected chi connectivity index (χ2v) is 8.96. The van der Waals surface area contributed by atoms with Crippen molar-refractivity contribution in [3.63, 3.8) is 0 Å². The van der Waals surface area contributed by atoms with Gasteiger partial charge in [0.05, 0.1) is 12.0 Å². The maximum atomic E-state index is 12.1. The first-order chi connectivity index (χ1) is 13.8. The monoisotopic (exact) mass is 405 g/mol. The Bertz CT molecular complexity index is 707. The molecule has 0 aromatic rings. The van der Waals surface area contributed by atoms with E-state index in [1.165, 1.54) is 0 Å². The Labute approximate surface area is 172 Å². The minimum absolute atomic E-state index is 0.00808. The second-order valence-electron chi connectivity index (χ2n) is 8.96. The number of carbonyl (C=O) groups excluding carboxylic acids is 1. The highest BCUT2D eigenvalue weighted by Gasteiger charge is 2.62. The zero-order valence-electron chi connectivity index (χ0n) is 17.4. The summed E-state index contributed by atoms with van der Waals surface area (Å²) in [6.07, 6.45) is 12.4. The van der Waals surface area contributed by atoms with Crippen LogP contribution in [-0.4, -0.2) is 41.0 Å². The van der Waals surface area contributed by atoms with Crippen molar-refractivity contribution in [2.45, 2.75) is 64.4 Å². The van der Waals surface area contributed by atoms with Crippen molar-refractivity contribution in [2.75, 3.05) is 6.61 Å². The molecule has 1 unspecified atom stereocenters. The fourth-order valence-corrected chi connectivity index (χ4v) is 4.32. The van der Waals surface area contributed by atoms with Crippen LogP contribution in [0.4, 0.5) is 0 Å². The van der Waals surface area contributed by atoms with E-state index in [1.807, 2.05) is 39.0 Å². The van der Waals surface area contributed by atoms with Gasteiger partial charge in [-0.2, -0.15) is 0 Å². The van der Waals surface area contributed by atoms with E-state index < -0.39 is 11.2 Å². The first-order valence-corrected chi connectivity index (χ1v) is 10.2. The third-order valence-electron chi connectivity index (χ3n) is 5.81. The highest BCUT2D eigenvalue weighted by molar-refractivity contribution is 6.03. The average molecular weight is 405 g/mol. The van der Waals surface area contributed by atoms with Crippen molar-refractivity contribution in [1.29, 1.82) is 0 Å². The number of aliphatic hydroxyl groups is 2. The molecule has 0 aromatic carbocycles. The lowest BCUT2D eigenvalue weighted by atomic mass is 9.96. The average Bonchev–Trinajstić information content (AvgIpc) is 3.18. The van der Waals surface area contributed by atoms with Crippen LogP contribution in [0.5, 0.6) is 0 Å². The second kappa shape index (κ2) is 8.81. The molecule has 2 fully saturated rings. The van der Waals surface area contributed by atoms with Crippen molar-refractivity contribution in [3.05, 3.63) is 37.0 Å². The number of esters is 1. The van der Waals surface area contributed by atoms with E-state index in [0.29, 0.717) is 24.7 Å². The molecule has 5 atom stereocenters. The van der Waals surface area contributed by atoms with Crippen LogP contribution >= 0.6 is 0 Å². The summed E-state index contributed by atoms with van der Waals surface area (Å²) in [4.78, 5) is 15.8. The molecule has 0 amide bonds. The normalized spacial score (nSPS) is 34.6. The zero-order valence-corrected chi connectivity index (χ0v) is 17.4. The van der Waals surface area contributed by atoms with Gasteiger partial charge in [-0.05, 0) is 58.4 Å². The van der Waals surface area contributed by atoms with Crippen LogP contribution in [0.2, 0.25) is 0 Å². The van der Waals surface area contributed by atoms with Gasteiger partial charge in [-0.1, -0.05) is 23.4 Å². The molecule has 3 aliphatic rings. The summed E-state index contributed by atoms with van der Waals surface area (Å²) in [5.41, 5.74) is -0.165. The molecule has 1 spiro atoms. The highest BCUT2D eigenvalue weighted by atomic mass is 17.2. The van der Waals surface area contributed by atoms with Gasteiger partial charge >= 0.3 is 11.8 Å². The summed E-state index contributed by atoms with van der Waals surface area (Å²) in [5.74, 6) is -0.734. The third-order valence-corrected chi connectivity index (χ3v) is 5.81. The first kappa shape index (κ1) is 21.7. The Kier molecular flexibility index (Phi) is 6.61. The van der Waals surface area contributed by atoms with Crippen molar-refractivity contribution >= 4 is 11.7 Å². The van der Waals surface area contributed by atoms with Crippen LogP contribution < -0.4 is 5.26 Å². The van der Waals surface area contributed by atoms with Gasteiger partial charge in [-0.25, -0.2) is 0 Å². The molecule has 0 bridgehead atoms. The van der Waals surface area contributed by atoms with Gasteiger partial charge in [0.15, 0.2) is 11.8 Å². The van der Waals surface area contributed by atoms with Gasteiger partial charge in [0.2, 0.25) is 0 Å². The maximum Gasteiger partial charge on any atom is 0.344 e. The predicted molar refractivity (Wildman–Crippen MR) is 106 cm³/mol. The lowest BCUT2D eigenvalue weighted by Crippen LogP contribution is -2.43. The van der Waals surface area contributed by atoms with E-state index in [0.717, 1.165) is 19.3 Å². The Morgan fingerprint density at radius 1 is 1.41 bits per heavy atom. The zero-order chi connectivity index (χ0) is 21.1. The molecule has 7 heteroatoms. The number of hydrogen-bond donors (Lipinski definition) is 0. The van der Waals surface area contributed by atoms with Gasteiger partial charge in [0.1, 0.15) is 6.10 Å². The van der Waals surface area contributed by atoms with Gasteiger partial charge in [-0.15, -0.1) is 6.58 Å². The molecule has 3 rings (SSSR count). The third kappa shape index (κ3) is 4.63. The van der Waals surface area contributed by atoms with Crippen LogP contribution in [0, 0.1) is 17.3 Å². The number of ether oxygens (including phenoxy) is 3. The number of rotatable bonds is 7. The topological polar surface area (TPSA) is 93.0 Å². The van der Waals surface area contributed by atoms with Gasteiger partial charge in [0.25, 0.3) is 0 Å². The highest BCUT2D eigenvalue weighted by Crippen LogP contribution is 2.47. The maximum absolute atomic E-state index is 12.1. The molecule has 0 radical (unpaired) electrons. The molecule has 1 heterocycles. The van der Waals surface area contributed by atoms with Crippen molar-refractivity contribution in [1.82, 2.24) is 0 Å². The van der Waals surface area contributed by atoms with Crippen LogP contribution in [0.1, 0.15) is 46.5 Å². The molecule has 0 aromatic heterocycles. The van der Waals surface area contributed by atoms with Crippen molar-refractivity contribution in [2.24, 2.45) is 22.4 Å². The van der Waals surface area contributed by atoms with E-state index in [4.69, 9.17) is 14.2 Å². The molecule has 29 heavy (non-hydrogen) atoms. The molecule has 160 valence electrons. The summed E-state index contributed by atoms with van der Waals surface area (Å²) in [6, 6.07) is 0. The quantitative estimate of drug-likeness (QED) is 0.213. The Morgan fingerprint density at radius 3 is 2.90 bits per heavy atom. The fraction of sp³-hybridized carbons (Fsp3) is 0.636. The first-order valence-electron chi connectivity index (χ1n) is 10.2.